The van der Waals surface area contributed by atoms with Gasteiger partial charge in [0.05, 0.1) is 16.7 Å². The van der Waals surface area contributed by atoms with Gasteiger partial charge < -0.3 is 9.47 Å². The predicted molar refractivity (Wildman–Crippen MR) is 231 cm³/mol. The van der Waals surface area contributed by atoms with Gasteiger partial charge in [-0.25, -0.2) is 0 Å². The van der Waals surface area contributed by atoms with Crippen LogP contribution in [0.1, 0.15) is 31.2 Å². The maximum atomic E-state index is 2.59. The number of fused-ring (bicyclic) bond motifs is 6. The molecule has 6 atom stereocenters. The number of thiophene rings is 1. The van der Waals surface area contributed by atoms with Crippen LogP contribution < -0.4 is 4.90 Å². The first-order valence-electron chi connectivity index (χ1n) is 20.2. The van der Waals surface area contributed by atoms with Crippen LogP contribution in [-0.4, -0.2) is 4.57 Å². The first-order chi connectivity index (χ1) is 27.2. The maximum absolute atomic E-state index is 2.59. The SMILES string of the molecule is c1ccc(-n2c3ccccc3c3ccccc32)c(-c2ccc(N(c3ccc4c(c3)sc3ccccc34)c3ccccc3[C@]34CC5C[C@H]6CC(C3)[C@H]6C54)cc2)c1. The van der Waals surface area contributed by atoms with Crippen LogP contribution >= 0.6 is 11.3 Å². The highest BCUT2D eigenvalue weighted by Gasteiger charge is 2.73. The third-order valence-corrected chi connectivity index (χ3v) is 15.7. The minimum Gasteiger partial charge on any atom is -0.310 e. The number of benzene rings is 7. The quantitative estimate of drug-likeness (QED) is 0.166. The minimum absolute atomic E-state index is 0.322. The number of hydrogen-bond donors (Lipinski definition) is 0. The molecule has 4 fully saturated rings. The molecule has 9 aromatic rings. The molecule has 0 radical (unpaired) electrons. The van der Waals surface area contributed by atoms with Gasteiger partial charge in [-0.3, -0.25) is 0 Å². The van der Waals surface area contributed by atoms with Crippen LogP contribution in [0.2, 0.25) is 0 Å². The monoisotopic (exact) mass is 724 g/mol. The molecule has 4 aliphatic rings. The Morgan fingerprint density at radius 1 is 0.527 bits per heavy atom. The van der Waals surface area contributed by atoms with Crippen molar-refractivity contribution in [2.45, 2.75) is 31.1 Å². The lowest BCUT2D eigenvalue weighted by atomic mass is 9.53. The number of para-hydroxylation sites is 4. The molecule has 0 bridgehead atoms. The van der Waals surface area contributed by atoms with Crippen molar-refractivity contribution < 1.29 is 0 Å². The van der Waals surface area contributed by atoms with E-state index in [1.165, 1.54) is 102 Å². The average Bonchev–Trinajstić information content (AvgIpc) is 3.88. The van der Waals surface area contributed by atoms with Crippen LogP contribution in [0, 0.1) is 29.6 Å². The Labute approximate surface area is 325 Å². The van der Waals surface area contributed by atoms with Crippen molar-refractivity contribution in [3.8, 4) is 16.8 Å². The first-order valence-corrected chi connectivity index (χ1v) is 21.0. The highest BCUT2D eigenvalue weighted by atomic mass is 32.1. The van der Waals surface area contributed by atoms with Crippen LogP contribution in [0.25, 0.3) is 58.8 Å². The summed E-state index contributed by atoms with van der Waals surface area (Å²) in [5.74, 6) is 4.73. The van der Waals surface area contributed by atoms with Crippen LogP contribution in [0.15, 0.2) is 164 Å². The maximum Gasteiger partial charge on any atom is 0.0541 e. The summed E-state index contributed by atoms with van der Waals surface area (Å²) < 4.78 is 5.14. The van der Waals surface area contributed by atoms with Gasteiger partial charge in [-0.05, 0) is 121 Å². The van der Waals surface area contributed by atoms with Crippen molar-refractivity contribution >= 4 is 70.4 Å². The molecule has 0 amide bonds. The lowest BCUT2D eigenvalue weighted by Crippen LogP contribution is -2.47. The second kappa shape index (κ2) is 11.2. The van der Waals surface area contributed by atoms with E-state index in [2.05, 4.69) is 173 Å². The number of anilines is 3. The molecule has 2 heterocycles. The Morgan fingerprint density at radius 2 is 1.16 bits per heavy atom. The number of aromatic nitrogens is 1. The Hall–Kier alpha value is -5.64. The van der Waals surface area contributed by atoms with E-state index in [1.807, 2.05) is 11.3 Å². The molecule has 264 valence electrons. The van der Waals surface area contributed by atoms with E-state index in [0.717, 1.165) is 29.6 Å². The molecular weight excluding hydrogens is 685 g/mol. The largest absolute Gasteiger partial charge is 0.310 e. The van der Waals surface area contributed by atoms with Gasteiger partial charge >= 0.3 is 0 Å². The molecule has 2 nitrogen and oxygen atoms in total. The molecule has 4 aliphatic carbocycles. The second-order valence-corrected chi connectivity index (χ2v) is 18.1. The highest BCUT2D eigenvalue weighted by molar-refractivity contribution is 7.25. The standard InChI is InChI=1S/C52H40N2S/c1-6-16-44(54-45-17-7-2-12-39(45)40-13-3-8-18-46(40)54)38(11-1)32-21-23-36(24-22-32)53(37-25-26-42-41-14-4-10-20-48(41)55-49(42)29-37)47-19-9-5-15-43(47)52-30-34-27-33-28-35(31-52)51(52)50(33)34/h1-26,29,33-35,50-51H,27-28,30-31H2/t33-,34?,35?,50+,51?,52-/m1/s1. The lowest BCUT2D eigenvalue weighted by Gasteiger charge is -2.52. The molecule has 3 unspecified atom stereocenters. The Kier molecular flexibility index (Phi) is 6.25. The van der Waals surface area contributed by atoms with Gasteiger partial charge in [0.1, 0.15) is 0 Å². The van der Waals surface area contributed by atoms with Crippen molar-refractivity contribution in [1.82, 2.24) is 4.57 Å². The molecule has 4 saturated carbocycles. The van der Waals surface area contributed by atoms with Crippen molar-refractivity contribution in [2.24, 2.45) is 29.6 Å². The van der Waals surface area contributed by atoms with Gasteiger partial charge in [0.15, 0.2) is 0 Å². The fraction of sp³-hybridized carbons (Fsp3) is 0.192. The van der Waals surface area contributed by atoms with E-state index in [9.17, 15) is 0 Å². The molecule has 13 rings (SSSR count). The van der Waals surface area contributed by atoms with Gasteiger partial charge in [-0.2, -0.15) is 0 Å². The molecular formula is C52H40N2S. The number of hydrogen-bond acceptors (Lipinski definition) is 2. The third-order valence-electron chi connectivity index (χ3n) is 14.6. The van der Waals surface area contributed by atoms with Crippen LogP contribution in [0.3, 0.4) is 0 Å². The summed E-state index contributed by atoms with van der Waals surface area (Å²) in [6, 6.07) is 61.5. The van der Waals surface area contributed by atoms with Crippen molar-refractivity contribution in [2.75, 3.05) is 4.90 Å². The molecule has 0 N–H and O–H groups in total. The van der Waals surface area contributed by atoms with E-state index in [0.29, 0.717) is 5.41 Å². The lowest BCUT2D eigenvalue weighted by molar-refractivity contribution is 0.0688. The van der Waals surface area contributed by atoms with E-state index < -0.39 is 0 Å². The summed E-state index contributed by atoms with van der Waals surface area (Å²) in [4.78, 5) is 2.59. The van der Waals surface area contributed by atoms with E-state index in [4.69, 9.17) is 0 Å². The molecule has 7 aromatic carbocycles. The molecule has 0 spiro atoms. The minimum atomic E-state index is 0.322. The summed E-state index contributed by atoms with van der Waals surface area (Å²) in [5, 5.41) is 5.27. The zero-order valence-corrected chi connectivity index (χ0v) is 31.4. The Balaban J connectivity index is 0.972. The topological polar surface area (TPSA) is 8.17 Å². The third kappa shape index (κ3) is 4.14. The highest BCUT2D eigenvalue weighted by Crippen LogP contribution is 2.79. The van der Waals surface area contributed by atoms with Gasteiger partial charge in [0.2, 0.25) is 0 Å². The van der Waals surface area contributed by atoms with Gasteiger partial charge in [0.25, 0.3) is 0 Å². The summed E-state index contributed by atoms with van der Waals surface area (Å²) >= 11 is 1.91. The van der Waals surface area contributed by atoms with E-state index >= 15 is 0 Å². The summed E-state index contributed by atoms with van der Waals surface area (Å²) in [6.07, 6.45) is 5.72. The average molecular weight is 725 g/mol. The van der Waals surface area contributed by atoms with Crippen molar-refractivity contribution in [3.63, 3.8) is 0 Å². The summed E-state index contributed by atoms with van der Waals surface area (Å²) in [7, 11) is 0. The number of rotatable bonds is 6. The van der Waals surface area contributed by atoms with Gasteiger partial charge in [-0.1, -0.05) is 109 Å². The van der Waals surface area contributed by atoms with Crippen molar-refractivity contribution in [3.05, 3.63) is 169 Å². The summed E-state index contributed by atoms with van der Waals surface area (Å²) in [5.41, 5.74) is 11.9. The van der Waals surface area contributed by atoms with Gasteiger partial charge in [-0.15, -0.1) is 11.3 Å². The van der Waals surface area contributed by atoms with Crippen LogP contribution in [0.4, 0.5) is 17.1 Å². The Morgan fingerprint density at radius 3 is 2.00 bits per heavy atom. The normalized spacial score (nSPS) is 24.7. The predicted octanol–water partition coefficient (Wildman–Crippen LogP) is 14.2. The molecule has 3 heteroatoms. The summed E-state index contributed by atoms with van der Waals surface area (Å²) in [6.45, 7) is 0. The molecule has 2 aromatic heterocycles. The molecule has 55 heavy (non-hydrogen) atoms. The Bertz CT molecular complexity index is 2950. The van der Waals surface area contributed by atoms with Crippen LogP contribution in [0.5, 0.6) is 0 Å². The fourth-order valence-electron chi connectivity index (χ4n) is 12.6. The first kappa shape index (κ1) is 30.7. The zero-order valence-electron chi connectivity index (χ0n) is 30.6. The van der Waals surface area contributed by atoms with Gasteiger partial charge in [0, 0.05) is 59.0 Å². The van der Waals surface area contributed by atoms with E-state index in [-0.39, 0.29) is 0 Å². The fourth-order valence-corrected chi connectivity index (χ4v) is 13.8. The second-order valence-electron chi connectivity index (χ2n) is 17.0. The van der Waals surface area contributed by atoms with Crippen LogP contribution in [-0.2, 0) is 5.41 Å². The molecule has 0 aliphatic heterocycles. The van der Waals surface area contributed by atoms with E-state index in [1.54, 1.807) is 5.56 Å². The number of nitrogens with zero attached hydrogens (tertiary/aromatic N) is 2. The molecule has 0 saturated heterocycles. The van der Waals surface area contributed by atoms with Crippen molar-refractivity contribution in [1.29, 1.82) is 0 Å². The smallest absolute Gasteiger partial charge is 0.0541 e. The zero-order chi connectivity index (χ0) is 35.8.